The minimum absolute atomic E-state index is 0.0945. The number of ketones is 1. The molecule has 0 radical (unpaired) electrons. The molecule has 12 aliphatic rings. The molecule has 0 spiro atoms. The summed E-state index contributed by atoms with van der Waals surface area (Å²) < 4.78 is 62.3. The van der Waals surface area contributed by atoms with Crippen molar-refractivity contribution in [3.8, 4) is 91.0 Å². The number of benzene rings is 4. The van der Waals surface area contributed by atoms with Crippen LogP contribution in [0.5, 0.6) is 46.0 Å². The van der Waals surface area contributed by atoms with Gasteiger partial charge in [-0.05, 0) is 154 Å². The van der Waals surface area contributed by atoms with Crippen LogP contribution >= 0.6 is 0 Å². The van der Waals surface area contributed by atoms with Gasteiger partial charge < -0.3 is 71.7 Å². The Balaban J connectivity index is 0.000000116. The molecule has 644 valence electrons. The molecule has 13 heterocycles. The van der Waals surface area contributed by atoms with E-state index in [1.54, 1.807) is 56.2 Å². The van der Waals surface area contributed by atoms with Gasteiger partial charge in [-0.1, -0.05) is 99.8 Å². The normalized spacial score (nSPS) is 19.2. The first-order chi connectivity index (χ1) is 58.6. The molecule has 4 aromatic carbocycles. The predicted molar refractivity (Wildman–Crippen MR) is 474 cm³/mol. The number of aromatic nitrogens is 4. The van der Waals surface area contributed by atoms with Crippen LogP contribution in [-0.4, -0.2) is 112 Å². The monoisotopic (exact) mass is 1660 g/mol. The van der Waals surface area contributed by atoms with E-state index in [-0.39, 0.29) is 96.7 Å². The summed E-state index contributed by atoms with van der Waals surface area (Å²) in [5.74, 6) is 9.39. The Kier molecular flexibility index (Phi) is 23.1. The number of carbonyl (C=O) groups excluding carboxylic acids is 1. The van der Waals surface area contributed by atoms with E-state index in [4.69, 9.17) is 42.6 Å². The Morgan fingerprint density at radius 1 is 0.451 bits per heavy atom. The summed E-state index contributed by atoms with van der Waals surface area (Å²) in [6.45, 7) is 35.6. The van der Waals surface area contributed by atoms with Crippen LogP contribution in [0.15, 0.2) is 112 Å². The van der Waals surface area contributed by atoms with Gasteiger partial charge in [0.05, 0.1) is 109 Å². The highest BCUT2D eigenvalue weighted by Gasteiger charge is 2.48. The van der Waals surface area contributed by atoms with Gasteiger partial charge in [0.15, 0.2) is 73.5 Å². The van der Waals surface area contributed by atoms with Crippen molar-refractivity contribution in [2.45, 2.75) is 214 Å². The molecule has 9 aliphatic heterocycles. The van der Waals surface area contributed by atoms with Gasteiger partial charge in [-0.15, -0.1) is 0 Å². The van der Waals surface area contributed by atoms with Crippen LogP contribution in [0.4, 0.5) is 0 Å². The summed E-state index contributed by atoms with van der Waals surface area (Å²) in [5, 5.41) is 32.0. The number of pyridine rings is 4. The fourth-order valence-corrected chi connectivity index (χ4v) is 20.0. The largest absolute Gasteiger partial charge is 0.508 e. The lowest BCUT2D eigenvalue weighted by atomic mass is 9.84. The molecule has 22 nitrogen and oxygen atoms in total. The van der Waals surface area contributed by atoms with Crippen LogP contribution in [-0.2, 0) is 49.7 Å². The minimum Gasteiger partial charge on any atom is -0.508 e. The maximum absolute atomic E-state index is 12.9. The molecule has 22 heteroatoms. The maximum Gasteiger partial charge on any atom is 0.193 e. The average molecular weight is 1660 g/mol. The van der Waals surface area contributed by atoms with Crippen molar-refractivity contribution < 1.29 is 62.7 Å². The molecule has 4 fully saturated rings. The van der Waals surface area contributed by atoms with E-state index in [1.165, 1.54) is 67.7 Å². The number of fused-ring (bicyclic) bond motifs is 23. The Morgan fingerprint density at radius 3 is 1.12 bits per heavy atom. The van der Waals surface area contributed by atoms with E-state index in [9.17, 15) is 39.3 Å². The van der Waals surface area contributed by atoms with Crippen molar-refractivity contribution in [3.63, 3.8) is 0 Å². The zero-order valence-corrected chi connectivity index (χ0v) is 72.4. The molecule has 0 bridgehead atoms. The highest BCUT2D eigenvalue weighted by molar-refractivity contribution is 5.94. The zero-order chi connectivity index (χ0) is 85.6. The molecule has 3 aliphatic carbocycles. The second kappa shape index (κ2) is 33.8. The fourth-order valence-electron chi connectivity index (χ4n) is 20.0. The molecule has 4 atom stereocenters. The molecule has 1 saturated heterocycles. The van der Waals surface area contributed by atoms with E-state index in [0.717, 1.165) is 234 Å². The molecule has 3 saturated carbocycles. The van der Waals surface area contributed by atoms with Gasteiger partial charge in [-0.25, -0.2) is 0 Å². The zero-order valence-electron chi connectivity index (χ0n) is 72.4. The molecule has 8 aromatic rings. The molecule has 0 amide bonds. The van der Waals surface area contributed by atoms with Crippen molar-refractivity contribution in [2.75, 3.05) is 71.6 Å². The van der Waals surface area contributed by atoms with E-state index >= 15 is 0 Å². The van der Waals surface area contributed by atoms with Gasteiger partial charge in [0.2, 0.25) is 0 Å². The summed E-state index contributed by atoms with van der Waals surface area (Å²) in [7, 11) is 1.68. The molecule has 20 rings (SSSR count). The smallest absolute Gasteiger partial charge is 0.193 e. The van der Waals surface area contributed by atoms with Gasteiger partial charge in [0.25, 0.3) is 0 Å². The van der Waals surface area contributed by atoms with Crippen molar-refractivity contribution in [3.05, 3.63) is 201 Å². The van der Waals surface area contributed by atoms with Crippen molar-refractivity contribution >= 4 is 23.1 Å². The van der Waals surface area contributed by atoms with Crippen LogP contribution in [0.2, 0.25) is 0 Å². The average Bonchev–Trinajstić information content (AvgIpc) is 1.51. The van der Waals surface area contributed by atoms with Gasteiger partial charge in [-0.3, -0.25) is 33.7 Å². The first-order valence-corrected chi connectivity index (χ1v) is 44.4. The molecule has 4 aromatic heterocycles. The SMILES string of the molecule is C=C(O)c1cn2c(cc1=O)-c1c(cc(OCCC3CC3)c3c1CCO3)CC2C(C)C.C=C(O)c1cn2c(cc1=O)-c1c(cc(OCCC3CC3)c3c1CCO3)C[C@@H]2C(C)C.C=C(O)c1cn2c(cc1=O)-c1c(cc(OCCCOC)c3c1CCO3)C[C@@H]2C(C)C.CC(=O)c1cn2c(cc1=O)-c1c(cc(OCCC3CC3)c3c1CCO3)[C@H]1CCC(C)(C)N12. The topological polar surface area (TPSA) is 252 Å². The standard InChI is InChI=1S/C26H30N2O4.2C25H29NO4.C24H29NO5/c1-15(29)19-14-27-21(13-22(19)30)24-17-8-11-32-25(17)23(31-10-7-16-4-5-16)12-18(24)20-6-9-26(2,3)28(20)27;2*1-14(2)20-10-17-11-23(29-8-6-16-4-5-16)25-18(7-9-30-25)24(17)21-12-22(28)19(15(3)27)13-26(20)21;1-14(2)19-10-16-11-22(29-8-5-7-28-4)24-17(6-9-30-24)23(16)20-12-21(27)18(15(3)26)13-25(19)20/h12-14,16,20H,4-11H2,1-3H3;2*11-14,16,20,27H,3-10H2,1-2H3;11-14,19,26H,3,5-10H2,1-2,4H3/t2*20-;;19-/m11.1/s1. The van der Waals surface area contributed by atoms with E-state index in [1.807, 2.05) is 0 Å². The minimum atomic E-state index is -0.225. The van der Waals surface area contributed by atoms with Crippen LogP contribution < -0.4 is 64.6 Å². The van der Waals surface area contributed by atoms with Gasteiger partial charge >= 0.3 is 0 Å². The Bertz CT molecular complexity index is 5610. The summed E-state index contributed by atoms with van der Waals surface area (Å²) in [5.41, 5.74) is 17.3. The first-order valence-electron chi connectivity index (χ1n) is 44.4. The van der Waals surface area contributed by atoms with Crippen LogP contribution in [0.25, 0.3) is 62.3 Å². The van der Waals surface area contributed by atoms with Crippen LogP contribution in [0, 0.1) is 35.5 Å². The number of carbonyl (C=O) groups is 1. The number of aliphatic hydroxyl groups is 3. The van der Waals surface area contributed by atoms with Crippen molar-refractivity contribution in [1.82, 2.24) is 18.4 Å². The third-order valence-electron chi connectivity index (χ3n) is 27.0. The lowest BCUT2D eigenvalue weighted by Gasteiger charge is -2.45. The van der Waals surface area contributed by atoms with Crippen LogP contribution in [0.3, 0.4) is 0 Å². The molecule has 3 N–H and O–H groups in total. The highest BCUT2D eigenvalue weighted by atomic mass is 16.5. The number of ether oxygens (including phenoxy) is 9. The molecular formula is C100H117N5O17. The lowest BCUT2D eigenvalue weighted by Crippen LogP contribution is -2.50. The van der Waals surface area contributed by atoms with Crippen molar-refractivity contribution in [1.29, 1.82) is 0 Å². The molecule has 1 unspecified atom stereocenters. The van der Waals surface area contributed by atoms with E-state index < -0.39 is 0 Å². The number of hydrogen-bond donors (Lipinski definition) is 3. The number of methoxy groups -OCH3 is 1. The van der Waals surface area contributed by atoms with Crippen LogP contribution in [0.1, 0.15) is 235 Å². The Morgan fingerprint density at radius 2 is 0.787 bits per heavy atom. The lowest BCUT2D eigenvalue weighted by molar-refractivity contribution is 0.101. The molecular weight excluding hydrogens is 1540 g/mol. The van der Waals surface area contributed by atoms with Crippen molar-refractivity contribution in [2.24, 2.45) is 35.5 Å². The summed E-state index contributed by atoms with van der Waals surface area (Å²) in [6.07, 6.45) is 26.9. The number of aliphatic hydroxyl groups excluding tert-OH is 3. The quantitative estimate of drug-likeness (QED) is 0.0289. The number of nitrogens with zero attached hydrogens (tertiary/aromatic N) is 5. The number of Topliss-reactive ketones (excluding diaryl/α,β-unsaturated/α-hetero) is 1. The third kappa shape index (κ3) is 16.0. The first kappa shape index (κ1) is 83.4. The van der Waals surface area contributed by atoms with E-state index in [0.29, 0.717) is 57.4 Å². The third-order valence-corrected chi connectivity index (χ3v) is 27.0. The van der Waals surface area contributed by atoms with Gasteiger partial charge in [-0.2, -0.15) is 0 Å². The second-order valence-corrected chi connectivity index (χ2v) is 37.1. The summed E-state index contributed by atoms with van der Waals surface area (Å²) in [4.78, 5) is 63.1. The summed E-state index contributed by atoms with van der Waals surface area (Å²) in [6, 6.07) is 15.8. The predicted octanol–water partition coefficient (Wildman–Crippen LogP) is 18.4. The Labute approximate surface area is 713 Å². The Hall–Kier alpha value is -10.9. The van der Waals surface area contributed by atoms with Gasteiger partial charge in [0.1, 0.15) is 17.3 Å². The summed E-state index contributed by atoms with van der Waals surface area (Å²) >= 11 is 0. The van der Waals surface area contributed by atoms with E-state index in [2.05, 4.69) is 123 Å². The number of rotatable bonds is 24. The number of hydrogen-bond acceptors (Lipinski definition) is 18. The maximum atomic E-state index is 12.9. The van der Waals surface area contributed by atoms with Gasteiger partial charge in [0, 0.05) is 158 Å². The fraction of sp³-hybridized carbons (Fsp3) is 0.490. The molecule has 122 heavy (non-hydrogen) atoms. The highest BCUT2D eigenvalue weighted by Crippen LogP contribution is 2.57. The second-order valence-electron chi connectivity index (χ2n) is 37.1.